The first-order valence-electron chi connectivity index (χ1n) is 3.94. The maximum atomic E-state index is 3.60. The van der Waals surface area contributed by atoms with Crippen LogP contribution >= 0.6 is 0 Å². The van der Waals surface area contributed by atoms with Gasteiger partial charge in [-0.15, -0.1) is 23.8 Å². The molecule has 0 atom stereocenters. The Morgan fingerprint density at radius 2 is 1.40 bits per heavy atom. The van der Waals surface area contributed by atoms with Crippen molar-refractivity contribution < 1.29 is 50.7 Å². The van der Waals surface area contributed by atoms with Gasteiger partial charge in [0.1, 0.15) is 0 Å². The maximum absolute atomic E-state index is 3.60. The predicted octanol–water partition coefficient (Wildman–Crippen LogP) is -2.54. The Balaban J connectivity index is -0.000000165. The molecule has 0 unspecified atom stereocenters. The minimum atomic E-state index is 0. The Morgan fingerprint density at radius 3 is 1.60 bits per heavy atom. The fourth-order valence-corrected chi connectivity index (χ4v) is 0.846. The minimum Gasteiger partial charge on any atom is -1.00 e. The first-order valence-corrected chi connectivity index (χ1v) is 3.94. The van der Waals surface area contributed by atoms with Gasteiger partial charge in [0.05, 0.1) is 0 Å². The summed E-state index contributed by atoms with van der Waals surface area (Å²) in [6.07, 6.45) is 1.83. The van der Waals surface area contributed by atoms with Crippen LogP contribution in [0.15, 0.2) is 61.2 Å². The average molecular weight is 406 g/mol. The first-order chi connectivity index (χ1) is 5.93. The first kappa shape index (κ1) is 20.3. The third-order valence-electron chi connectivity index (χ3n) is 1.48. The summed E-state index contributed by atoms with van der Waals surface area (Å²) in [6.45, 7) is 3.60. The van der Waals surface area contributed by atoms with Gasteiger partial charge in [0.2, 0.25) is 0 Å². The molecule has 0 bridgehead atoms. The molecule has 3 heteroatoms. The van der Waals surface area contributed by atoms with Gasteiger partial charge in [-0.05, 0) is 0 Å². The molecule has 15 heavy (non-hydrogen) atoms. The molecule has 0 spiro atoms. The second-order valence-electron chi connectivity index (χ2n) is 2.38. The van der Waals surface area contributed by atoms with Crippen LogP contribution in [0.4, 0.5) is 0 Å². The SMILES string of the molecule is C=C[c-]1cccc1.[Cl-].[Cl-].[Hf+4].c1cc[cH-]c1. The van der Waals surface area contributed by atoms with Crippen molar-refractivity contribution in [2.45, 2.75) is 0 Å². The Kier molecular flexibility index (Phi) is 18.8. The second-order valence-corrected chi connectivity index (χ2v) is 2.38. The summed E-state index contributed by atoms with van der Waals surface area (Å²) in [5.74, 6) is 0. The predicted molar refractivity (Wildman–Crippen MR) is 54.2 cm³/mol. The standard InChI is InChI=1S/C7H7.C5H5.2ClH.Hf/c1-2-7-5-3-4-6-7;1-2-4-5-3-1;;;/h2-6H,1H2;1-5H;2*1H;/q2*-1;;;+4/p-2. The zero-order valence-corrected chi connectivity index (χ0v) is 13.3. The van der Waals surface area contributed by atoms with Crippen molar-refractivity contribution in [1.82, 2.24) is 0 Å². The van der Waals surface area contributed by atoms with Crippen LogP contribution in [0.1, 0.15) is 5.56 Å². The average Bonchev–Trinajstić information content (AvgIpc) is 2.81. The molecule has 0 saturated heterocycles. The van der Waals surface area contributed by atoms with E-state index in [1.165, 1.54) is 5.56 Å². The minimum absolute atomic E-state index is 0. The molecule has 0 amide bonds. The van der Waals surface area contributed by atoms with Crippen LogP contribution < -0.4 is 24.8 Å². The topological polar surface area (TPSA) is 0 Å². The molecule has 0 aliphatic heterocycles. The Labute approximate surface area is 123 Å². The van der Waals surface area contributed by atoms with Gasteiger partial charge in [0.15, 0.2) is 0 Å². The molecule has 0 aromatic heterocycles. The Bertz CT molecular complexity index is 268. The van der Waals surface area contributed by atoms with Gasteiger partial charge in [-0.3, -0.25) is 0 Å². The van der Waals surface area contributed by atoms with Crippen molar-refractivity contribution in [3.63, 3.8) is 0 Å². The van der Waals surface area contributed by atoms with Gasteiger partial charge in [-0.1, -0.05) is 0 Å². The number of hydrogen-bond acceptors (Lipinski definition) is 0. The molecule has 0 aliphatic carbocycles. The molecule has 0 aliphatic rings. The fraction of sp³-hybridized carbons (Fsp3) is 0. The van der Waals surface area contributed by atoms with Crippen LogP contribution in [0.2, 0.25) is 0 Å². The van der Waals surface area contributed by atoms with E-state index in [9.17, 15) is 0 Å². The monoisotopic (exact) mass is 406 g/mol. The number of hydrogen-bond donors (Lipinski definition) is 0. The zero-order chi connectivity index (χ0) is 8.65. The molecule has 0 radical (unpaired) electrons. The van der Waals surface area contributed by atoms with Crippen molar-refractivity contribution in [2.24, 2.45) is 0 Å². The summed E-state index contributed by atoms with van der Waals surface area (Å²) in [7, 11) is 0. The van der Waals surface area contributed by atoms with Gasteiger partial charge >= 0.3 is 25.8 Å². The summed E-state index contributed by atoms with van der Waals surface area (Å²) in [6, 6.07) is 18.0. The van der Waals surface area contributed by atoms with Crippen molar-refractivity contribution in [2.75, 3.05) is 0 Å². The van der Waals surface area contributed by atoms with Crippen LogP contribution in [0.25, 0.3) is 6.08 Å². The summed E-state index contributed by atoms with van der Waals surface area (Å²) < 4.78 is 0. The molecule has 2 aromatic rings. The molecule has 0 heterocycles. The van der Waals surface area contributed by atoms with Crippen LogP contribution in [0, 0.1) is 0 Å². The van der Waals surface area contributed by atoms with Gasteiger partial charge in [0, 0.05) is 0 Å². The summed E-state index contributed by atoms with van der Waals surface area (Å²) in [4.78, 5) is 0. The third kappa shape index (κ3) is 10.2. The maximum Gasteiger partial charge on any atom is 4.00 e. The summed E-state index contributed by atoms with van der Waals surface area (Å²) in [5, 5.41) is 0. The van der Waals surface area contributed by atoms with Gasteiger partial charge < -0.3 is 24.8 Å². The van der Waals surface area contributed by atoms with Crippen molar-refractivity contribution >= 4 is 6.08 Å². The molecule has 0 fully saturated rings. The van der Waals surface area contributed by atoms with E-state index >= 15 is 0 Å². The molecule has 78 valence electrons. The summed E-state index contributed by atoms with van der Waals surface area (Å²) in [5.41, 5.74) is 1.19. The molecule has 2 rings (SSSR count). The smallest absolute Gasteiger partial charge is 1.00 e. The molecular weight excluding hydrogens is 394 g/mol. The Hall–Kier alpha value is -0.110. The summed E-state index contributed by atoms with van der Waals surface area (Å²) >= 11 is 0. The third-order valence-corrected chi connectivity index (χ3v) is 1.48. The van der Waals surface area contributed by atoms with E-state index in [1.807, 2.05) is 60.7 Å². The van der Waals surface area contributed by atoms with E-state index in [2.05, 4.69) is 6.58 Å². The normalized spacial score (nSPS) is 6.67. The van der Waals surface area contributed by atoms with E-state index in [1.54, 1.807) is 0 Å². The van der Waals surface area contributed by atoms with Crippen molar-refractivity contribution in [1.29, 1.82) is 0 Å². The van der Waals surface area contributed by atoms with E-state index in [4.69, 9.17) is 0 Å². The van der Waals surface area contributed by atoms with Crippen LogP contribution in [-0.2, 0) is 25.8 Å². The van der Waals surface area contributed by atoms with Crippen LogP contribution in [0.3, 0.4) is 0 Å². The second kappa shape index (κ2) is 13.9. The van der Waals surface area contributed by atoms with E-state index < -0.39 is 0 Å². The van der Waals surface area contributed by atoms with E-state index in [0.717, 1.165) is 0 Å². The van der Waals surface area contributed by atoms with E-state index in [-0.39, 0.29) is 50.7 Å². The molecular formula is C12H12Cl2Hf. The largest absolute Gasteiger partial charge is 4.00 e. The fourth-order valence-electron chi connectivity index (χ4n) is 0.846. The molecule has 0 saturated carbocycles. The van der Waals surface area contributed by atoms with Gasteiger partial charge in [0.25, 0.3) is 0 Å². The van der Waals surface area contributed by atoms with E-state index in [0.29, 0.717) is 0 Å². The Morgan fingerprint density at radius 1 is 0.933 bits per heavy atom. The van der Waals surface area contributed by atoms with Crippen molar-refractivity contribution in [3.8, 4) is 0 Å². The van der Waals surface area contributed by atoms with Gasteiger partial charge in [-0.2, -0.15) is 36.9 Å². The molecule has 2 aromatic carbocycles. The molecule has 0 nitrogen and oxygen atoms in total. The van der Waals surface area contributed by atoms with Crippen LogP contribution in [-0.4, -0.2) is 0 Å². The molecule has 0 N–H and O–H groups in total. The van der Waals surface area contributed by atoms with Crippen molar-refractivity contribution in [3.05, 3.63) is 66.7 Å². The van der Waals surface area contributed by atoms with Gasteiger partial charge in [-0.25, -0.2) is 12.1 Å². The number of halogens is 2. The number of rotatable bonds is 1. The zero-order valence-electron chi connectivity index (χ0n) is 8.24. The van der Waals surface area contributed by atoms with Crippen LogP contribution in [0.5, 0.6) is 0 Å². The quantitative estimate of drug-likeness (QED) is 0.362.